The summed E-state index contributed by atoms with van der Waals surface area (Å²) in [7, 11) is 0. The van der Waals surface area contributed by atoms with Crippen LogP contribution in [0.4, 0.5) is 0 Å². The number of aliphatic carboxylic acids is 1. The van der Waals surface area contributed by atoms with Crippen LogP contribution in [0.1, 0.15) is 42.5 Å². The van der Waals surface area contributed by atoms with Gasteiger partial charge in [-0.1, -0.05) is 47.5 Å². The molecule has 1 N–H and O–H groups in total. The molecule has 1 saturated carbocycles. The molecular formula is C22H21Cl2NO4. The topological polar surface area (TPSA) is 66.8 Å². The molecule has 0 aromatic heterocycles. The number of halogens is 2. The molecule has 2 fully saturated rings. The Morgan fingerprint density at radius 3 is 2.41 bits per heavy atom. The second-order valence-corrected chi connectivity index (χ2v) is 8.50. The van der Waals surface area contributed by atoms with E-state index in [1.165, 1.54) is 0 Å². The van der Waals surface area contributed by atoms with Crippen LogP contribution in [0, 0.1) is 5.92 Å². The van der Waals surface area contributed by atoms with E-state index in [-0.39, 0.29) is 18.4 Å². The summed E-state index contributed by atoms with van der Waals surface area (Å²) in [6.45, 7) is 0.586. The van der Waals surface area contributed by atoms with E-state index in [4.69, 9.17) is 27.9 Å². The van der Waals surface area contributed by atoms with Gasteiger partial charge in [-0.2, -0.15) is 0 Å². The molecule has 7 heteroatoms. The zero-order chi connectivity index (χ0) is 20.5. The number of hydrogen-bond donors (Lipinski definition) is 1. The van der Waals surface area contributed by atoms with Crippen molar-refractivity contribution >= 4 is 35.1 Å². The number of carbonyl (C=O) groups excluding carboxylic acids is 1. The Morgan fingerprint density at radius 1 is 1.07 bits per heavy atom. The van der Waals surface area contributed by atoms with Crippen LogP contribution >= 0.6 is 23.2 Å². The molecule has 4 rings (SSSR count). The van der Waals surface area contributed by atoms with Crippen LogP contribution < -0.4 is 0 Å². The van der Waals surface area contributed by atoms with E-state index in [2.05, 4.69) is 0 Å². The van der Waals surface area contributed by atoms with Crippen LogP contribution in [-0.4, -0.2) is 34.5 Å². The highest BCUT2D eigenvalue weighted by atomic mass is 35.5. The molecule has 0 radical (unpaired) electrons. The fourth-order valence-electron chi connectivity index (χ4n) is 3.83. The van der Waals surface area contributed by atoms with Gasteiger partial charge in [0.2, 0.25) is 0 Å². The second kappa shape index (κ2) is 8.34. The Kier molecular flexibility index (Phi) is 5.81. The highest BCUT2D eigenvalue weighted by Crippen LogP contribution is 2.45. The summed E-state index contributed by atoms with van der Waals surface area (Å²) in [5.41, 5.74) is 1.70. The average Bonchev–Trinajstić information content (AvgIpc) is 3.49. The summed E-state index contributed by atoms with van der Waals surface area (Å²) >= 11 is 12.3. The van der Waals surface area contributed by atoms with Crippen LogP contribution in [0.5, 0.6) is 0 Å². The van der Waals surface area contributed by atoms with Crippen molar-refractivity contribution in [2.45, 2.75) is 37.5 Å². The Balaban J connectivity index is 1.78. The van der Waals surface area contributed by atoms with Gasteiger partial charge in [0, 0.05) is 16.6 Å². The van der Waals surface area contributed by atoms with E-state index in [0.29, 0.717) is 22.5 Å². The lowest BCUT2D eigenvalue weighted by molar-refractivity contribution is -0.179. The minimum Gasteiger partial charge on any atom is -0.481 e. The van der Waals surface area contributed by atoms with E-state index >= 15 is 0 Å². The van der Waals surface area contributed by atoms with E-state index in [9.17, 15) is 14.7 Å². The van der Waals surface area contributed by atoms with Gasteiger partial charge in [0.05, 0.1) is 12.5 Å². The number of ether oxygens (including phenoxy) is 1. The van der Waals surface area contributed by atoms with Crippen molar-refractivity contribution in [3.63, 3.8) is 0 Å². The van der Waals surface area contributed by atoms with Gasteiger partial charge in [0.25, 0.3) is 5.91 Å². The van der Waals surface area contributed by atoms with Crippen LogP contribution in [0.15, 0.2) is 48.5 Å². The molecule has 2 aliphatic rings. The van der Waals surface area contributed by atoms with Crippen LogP contribution in [0.2, 0.25) is 10.0 Å². The van der Waals surface area contributed by atoms with Gasteiger partial charge in [-0.15, -0.1) is 0 Å². The first kappa shape index (κ1) is 20.2. The SMILES string of the molecule is O=C(O)C[C@@H]1O[C@H](c2cccc(Cl)c2)[C@H](c2ccc(Cl)cc2)N(CC2CC2)C1=O. The maximum atomic E-state index is 13.2. The van der Waals surface area contributed by atoms with Gasteiger partial charge in [-0.05, 0) is 54.2 Å². The molecule has 1 aliphatic carbocycles. The van der Waals surface area contributed by atoms with Crippen molar-refractivity contribution in [2.24, 2.45) is 5.92 Å². The Labute approximate surface area is 179 Å². The van der Waals surface area contributed by atoms with Gasteiger partial charge < -0.3 is 14.7 Å². The average molecular weight is 434 g/mol. The molecule has 29 heavy (non-hydrogen) atoms. The molecule has 0 spiro atoms. The van der Waals surface area contributed by atoms with E-state index in [0.717, 1.165) is 24.0 Å². The normalized spacial score (nSPS) is 24.6. The van der Waals surface area contributed by atoms with Crippen molar-refractivity contribution in [3.05, 3.63) is 69.7 Å². The Morgan fingerprint density at radius 2 is 1.79 bits per heavy atom. The van der Waals surface area contributed by atoms with Gasteiger partial charge in [-0.25, -0.2) is 0 Å². The number of benzene rings is 2. The maximum Gasteiger partial charge on any atom is 0.306 e. The van der Waals surface area contributed by atoms with Crippen LogP contribution in [0.3, 0.4) is 0 Å². The van der Waals surface area contributed by atoms with E-state index in [1.807, 2.05) is 24.3 Å². The third-order valence-electron chi connectivity index (χ3n) is 5.39. The second-order valence-electron chi connectivity index (χ2n) is 7.63. The summed E-state index contributed by atoms with van der Waals surface area (Å²) < 4.78 is 6.12. The molecular weight excluding hydrogens is 413 g/mol. The first-order valence-electron chi connectivity index (χ1n) is 9.61. The number of morpholine rings is 1. The van der Waals surface area contributed by atoms with E-state index < -0.39 is 18.2 Å². The highest BCUT2D eigenvalue weighted by Gasteiger charge is 2.46. The predicted octanol–water partition coefficient (Wildman–Crippen LogP) is 4.89. The third kappa shape index (κ3) is 4.58. The van der Waals surface area contributed by atoms with Crippen LogP contribution in [-0.2, 0) is 14.3 Å². The summed E-state index contributed by atoms with van der Waals surface area (Å²) in [6.07, 6.45) is 0.214. The zero-order valence-corrected chi connectivity index (χ0v) is 17.1. The van der Waals surface area contributed by atoms with Crippen molar-refractivity contribution in [3.8, 4) is 0 Å². The Hall–Kier alpha value is -2.08. The first-order chi connectivity index (χ1) is 13.9. The molecule has 2 aromatic carbocycles. The summed E-state index contributed by atoms with van der Waals surface area (Å²) in [6, 6.07) is 14.3. The maximum absolute atomic E-state index is 13.2. The largest absolute Gasteiger partial charge is 0.481 e. The predicted molar refractivity (Wildman–Crippen MR) is 110 cm³/mol. The molecule has 0 bridgehead atoms. The summed E-state index contributed by atoms with van der Waals surface area (Å²) in [5.74, 6) is -0.903. The lowest BCUT2D eigenvalue weighted by Crippen LogP contribution is -2.52. The molecule has 152 valence electrons. The third-order valence-corrected chi connectivity index (χ3v) is 5.88. The molecule has 1 saturated heterocycles. The first-order valence-corrected chi connectivity index (χ1v) is 10.4. The van der Waals surface area contributed by atoms with Crippen molar-refractivity contribution in [2.75, 3.05) is 6.54 Å². The minimum atomic E-state index is -1.07. The smallest absolute Gasteiger partial charge is 0.306 e. The fraction of sp³-hybridized carbons (Fsp3) is 0.364. The number of carbonyl (C=O) groups is 2. The number of amides is 1. The summed E-state index contributed by atoms with van der Waals surface area (Å²) in [4.78, 5) is 26.4. The standard InChI is InChI=1S/C22H21Cl2NO4/c23-16-8-6-14(7-9-16)20-21(15-2-1-3-17(24)10-15)29-18(11-19(26)27)22(28)25(20)12-13-4-5-13/h1-3,6-10,13,18,20-21H,4-5,11-12H2,(H,26,27)/t18-,20-,21+/m0/s1. The van der Waals surface area contributed by atoms with Crippen molar-refractivity contribution in [1.82, 2.24) is 4.90 Å². The Bertz CT molecular complexity index is 913. The van der Waals surface area contributed by atoms with Gasteiger partial charge in [0.1, 0.15) is 12.2 Å². The van der Waals surface area contributed by atoms with Crippen molar-refractivity contribution in [1.29, 1.82) is 0 Å². The molecule has 5 nitrogen and oxygen atoms in total. The van der Waals surface area contributed by atoms with Crippen LogP contribution in [0.25, 0.3) is 0 Å². The number of carboxylic acid groups (broad SMARTS) is 1. The van der Waals surface area contributed by atoms with E-state index in [1.54, 1.807) is 29.2 Å². The number of nitrogens with zero attached hydrogens (tertiary/aromatic N) is 1. The summed E-state index contributed by atoms with van der Waals surface area (Å²) in [5, 5.41) is 10.5. The lowest BCUT2D eigenvalue weighted by Gasteiger charge is -2.45. The number of carboxylic acids is 1. The molecule has 1 heterocycles. The van der Waals surface area contributed by atoms with Gasteiger partial charge >= 0.3 is 5.97 Å². The quantitative estimate of drug-likeness (QED) is 0.703. The molecule has 2 aromatic rings. The molecule has 1 amide bonds. The molecule has 0 unspecified atom stereocenters. The fourth-order valence-corrected chi connectivity index (χ4v) is 4.16. The zero-order valence-electron chi connectivity index (χ0n) is 15.6. The highest BCUT2D eigenvalue weighted by molar-refractivity contribution is 6.30. The number of hydrogen-bond acceptors (Lipinski definition) is 3. The molecule has 1 aliphatic heterocycles. The number of rotatable bonds is 6. The minimum absolute atomic E-state index is 0.280. The van der Waals surface area contributed by atoms with Gasteiger partial charge in [-0.3, -0.25) is 9.59 Å². The lowest BCUT2D eigenvalue weighted by atomic mass is 9.91. The van der Waals surface area contributed by atoms with Gasteiger partial charge in [0.15, 0.2) is 0 Å². The van der Waals surface area contributed by atoms with Crippen molar-refractivity contribution < 1.29 is 19.4 Å². The molecule has 3 atom stereocenters. The monoisotopic (exact) mass is 433 g/mol.